The van der Waals surface area contributed by atoms with Gasteiger partial charge in [0.1, 0.15) is 11.5 Å². The van der Waals surface area contributed by atoms with E-state index in [0.717, 1.165) is 0 Å². The molecule has 0 heterocycles. The molecule has 164 valence electrons. The maximum atomic E-state index is 12.3. The predicted octanol–water partition coefficient (Wildman–Crippen LogP) is 1.95. The number of nitrogens with one attached hydrogen (secondary N) is 2. The summed E-state index contributed by atoms with van der Waals surface area (Å²) in [4.78, 5) is 23.2. The minimum Gasteiger partial charge on any atom is -0.497 e. The molecule has 4 N–H and O–H groups in total. The van der Waals surface area contributed by atoms with Crippen molar-refractivity contribution in [1.82, 2.24) is 5.32 Å². The van der Waals surface area contributed by atoms with Crippen molar-refractivity contribution in [2.45, 2.75) is 44.1 Å². The van der Waals surface area contributed by atoms with Gasteiger partial charge in [-0.15, -0.1) is 0 Å². The van der Waals surface area contributed by atoms with E-state index in [9.17, 15) is 22.8 Å². The lowest BCUT2D eigenvalue weighted by atomic mass is 10.1. The number of alkyl halides is 3. The average Bonchev–Trinajstić information content (AvgIpc) is 2.65. The van der Waals surface area contributed by atoms with Gasteiger partial charge in [-0.1, -0.05) is 12.8 Å². The summed E-state index contributed by atoms with van der Waals surface area (Å²) in [6, 6.07) is 4.98. The van der Waals surface area contributed by atoms with Crippen molar-refractivity contribution in [1.29, 1.82) is 0 Å². The van der Waals surface area contributed by atoms with E-state index in [-0.39, 0.29) is 18.9 Å². The van der Waals surface area contributed by atoms with Gasteiger partial charge in [0.2, 0.25) is 5.91 Å². The molecular formula is C18H25F3N2O6. The van der Waals surface area contributed by atoms with Crippen molar-refractivity contribution < 1.29 is 42.4 Å². The maximum absolute atomic E-state index is 12.3. The molecule has 2 amide bonds. The van der Waals surface area contributed by atoms with Crippen LogP contribution in [0.25, 0.3) is 0 Å². The predicted molar refractivity (Wildman–Crippen MR) is 97.5 cm³/mol. The van der Waals surface area contributed by atoms with Crippen LogP contribution in [0.15, 0.2) is 18.2 Å². The van der Waals surface area contributed by atoms with Gasteiger partial charge in [0.25, 0.3) is 5.91 Å². The lowest BCUT2D eigenvalue weighted by Gasteiger charge is -2.22. The number of methoxy groups -OCH3 is 2. The molecule has 0 spiro atoms. The van der Waals surface area contributed by atoms with Gasteiger partial charge in [-0.25, -0.2) is 0 Å². The summed E-state index contributed by atoms with van der Waals surface area (Å²) in [5.74, 6) is -5.52. The maximum Gasteiger partial charge on any atom is 0.453 e. The van der Waals surface area contributed by atoms with E-state index in [1.54, 1.807) is 18.2 Å². The molecule has 0 atom stereocenters. The highest BCUT2D eigenvalue weighted by molar-refractivity contribution is 5.92. The smallest absolute Gasteiger partial charge is 0.453 e. The molecule has 0 aromatic heterocycles. The molecule has 0 aliphatic carbocycles. The fourth-order valence-corrected chi connectivity index (χ4v) is 2.34. The summed E-state index contributed by atoms with van der Waals surface area (Å²) < 4.78 is 47.1. The van der Waals surface area contributed by atoms with Gasteiger partial charge < -0.3 is 30.3 Å². The Hall–Kier alpha value is -2.53. The third-order valence-electron chi connectivity index (χ3n) is 4.01. The van der Waals surface area contributed by atoms with E-state index in [0.29, 0.717) is 42.9 Å². The number of halogens is 3. The van der Waals surface area contributed by atoms with Crippen molar-refractivity contribution in [2.75, 3.05) is 26.1 Å². The Morgan fingerprint density at radius 1 is 1.03 bits per heavy atom. The highest BCUT2D eigenvalue weighted by atomic mass is 19.4. The Labute approximate surface area is 166 Å². The van der Waals surface area contributed by atoms with Gasteiger partial charge in [-0.05, 0) is 25.0 Å². The fraction of sp³-hybridized carbons (Fsp3) is 0.556. The van der Waals surface area contributed by atoms with E-state index < -0.39 is 17.9 Å². The van der Waals surface area contributed by atoms with Crippen molar-refractivity contribution in [3.05, 3.63) is 18.2 Å². The molecule has 0 unspecified atom stereocenters. The number of benzene rings is 1. The molecule has 0 saturated heterocycles. The quantitative estimate of drug-likeness (QED) is 0.320. The van der Waals surface area contributed by atoms with Crippen molar-refractivity contribution >= 4 is 17.5 Å². The number of rotatable bonds is 11. The van der Waals surface area contributed by atoms with Gasteiger partial charge in [0.05, 0.1) is 19.9 Å². The van der Waals surface area contributed by atoms with Gasteiger partial charge in [0.15, 0.2) is 0 Å². The second-order valence-electron chi connectivity index (χ2n) is 6.20. The van der Waals surface area contributed by atoms with E-state index in [1.807, 2.05) is 5.32 Å². The largest absolute Gasteiger partial charge is 0.497 e. The molecule has 8 nitrogen and oxygen atoms in total. The molecule has 0 bridgehead atoms. The summed E-state index contributed by atoms with van der Waals surface area (Å²) in [5.41, 5.74) is 0.473. The molecule has 29 heavy (non-hydrogen) atoms. The van der Waals surface area contributed by atoms with Crippen LogP contribution in [0.4, 0.5) is 18.9 Å². The second kappa shape index (κ2) is 10.9. The van der Waals surface area contributed by atoms with Crippen molar-refractivity contribution in [3.8, 4) is 11.5 Å². The van der Waals surface area contributed by atoms with Crippen LogP contribution in [0.2, 0.25) is 0 Å². The number of amides is 2. The summed E-state index contributed by atoms with van der Waals surface area (Å²) in [6.45, 7) is -0.148. The van der Waals surface area contributed by atoms with Crippen molar-refractivity contribution in [2.24, 2.45) is 0 Å². The zero-order valence-electron chi connectivity index (χ0n) is 16.1. The standard InChI is InChI=1S/C18H25F3N2O6/c1-28-12-8-9-14(29-2)13(11-12)23-15(24)7-5-3-4-6-10-22-16(25)17(26,27)18(19,20)21/h8-9,11,26-27H,3-7,10H2,1-2H3,(H,22,25)(H,23,24). The summed E-state index contributed by atoms with van der Waals surface area (Å²) in [6.07, 6.45) is -3.27. The average molecular weight is 422 g/mol. The molecule has 11 heteroatoms. The number of carbonyl (C=O) groups is 2. The fourth-order valence-electron chi connectivity index (χ4n) is 2.34. The number of ether oxygens (including phenoxy) is 2. The molecule has 1 aromatic rings. The summed E-state index contributed by atoms with van der Waals surface area (Å²) >= 11 is 0. The van der Waals surface area contributed by atoms with Gasteiger partial charge >= 0.3 is 12.0 Å². The van der Waals surface area contributed by atoms with Crippen LogP contribution in [0, 0.1) is 0 Å². The highest BCUT2D eigenvalue weighted by Gasteiger charge is 2.58. The van der Waals surface area contributed by atoms with Gasteiger partial charge in [-0.3, -0.25) is 9.59 Å². The first-order valence-electron chi connectivity index (χ1n) is 8.84. The lowest BCUT2D eigenvalue weighted by Crippen LogP contribution is -2.57. The lowest BCUT2D eigenvalue weighted by molar-refractivity contribution is -0.328. The van der Waals surface area contributed by atoms with Crippen LogP contribution >= 0.6 is 0 Å². The molecule has 0 aliphatic rings. The third-order valence-corrected chi connectivity index (χ3v) is 4.01. The van der Waals surface area contributed by atoms with Crippen LogP contribution in [-0.2, 0) is 9.59 Å². The van der Waals surface area contributed by atoms with E-state index >= 15 is 0 Å². The van der Waals surface area contributed by atoms with E-state index in [4.69, 9.17) is 19.7 Å². The molecule has 0 radical (unpaired) electrons. The number of aliphatic hydroxyl groups is 2. The molecule has 0 aliphatic heterocycles. The van der Waals surface area contributed by atoms with E-state index in [2.05, 4.69) is 5.32 Å². The number of hydrogen-bond donors (Lipinski definition) is 4. The Morgan fingerprint density at radius 2 is 1.69 bits per heavy atom. The number of anilines is 1. The molecule has 0 fully saturated rings. The van der Waals surface area contributed by atoms with Crippen LogP contribution < -0.4 is 20.1 Å². The first kappa shape index (κ1) is 24.5. The number of carbonyl (C=O) groups excluding carboxylic acids is 2. The topological polar surface area (TPSA) is 117 Å². The van der Waals surface area contributed by atoms with Crippen LogP contribution in [0.3, 0.4) is 0 Å². The minimum absolute atomic E-state index is 0.148. The second-order valence-corrected chi connectivity index (χ2v) is 6.20. The summed E-state index contributed by atoms with van der Waals surface area (Å²) in [7, 11) is 2.97. The zero-order valence-corrected chi connectivity index (χ0v) is 16.1. The molecular weight excluding hydrogens is 397 g/mol. The third kappa shape index (κ3) is 7.42. The monoisotopic (exact) mass is 422 g/mol. The Kier molecular flexibility index (Phi) is 9.18. The van der Waals surface area contributed by atoms with Crippen molar-refractivity contribution in [3.63, 3.8) is 0 Å². The minimum atomic E-state index is -5.48. The van der Waals surface area contributed by atoms with Crippen LogP contribution in [0.5, 0.6) is 11.5 Å². The Bertz CT molecular complexity index is 695. The Morgan fingerprint density at radius 3 is 2.28 bits per heavy atom. The van der Waals surface area contributed by atoms with Crippen LogP contribution in [-0.4, -0.2) is 54.8 Å². The SMILES string of the molecule is COc1ccc(OC)c(NC(=O)CCCCCCNC(=O)C(O)(O)C(F)(F)F)c1. The normalized spacial score (nSPS) is 11.7. The van der Waals surface area contributed by atoms with Gasteiger partial charge in [-0.2, -0.15) is 13.2 Å². The first-order chi connectivity index (χ1) is 13.5. The summed E-state index contributed by atoms with van der Waals surface area (Å²) in [5, 5.41) is 22.1. The molecule has 0 saturated carbocycles. The zero-order chi connectivity index (χ0) is 22.1. The molecule has 1 rings (SSSR count). The number of hydrogen-bond acceptors (Lipinski definition) is 6. The number of unbranched alkanes of at least 4 members (excludes halogenated alkanes) is 3. The first-order valence-corrected chi connectivity index (χ1v) is 8.84. The highest BCUT2D eigenvalue weighted by Crippen LogP contribution is 2.29. The Balaban J connectivity index is 2.27. The molecule has 1 aromatic carbocycles. The van der Waals surface area contributed by atoms with Crippen LogP contribution in [0.1, 0.15) is 32.1 Å². The van der Waals surface area contributed by atoms with E-state index in [1.165, 1.54) is 14.2 Å². The van der Waals surface area contributed by atoms with Gasteiger partial charge in [0, 0.05) is 19.0 Å².